The van der Waals surface area contributed by atoms with Crippen molar-refractivity contribution >= 4 is 27.5 Å². The maximum absolute atomic E-state index is 14.3. The lowest BCUT2D eigenvalue weighted by Crippen LogP contribution is -2.48. The van der Waals surface area contributed by atoms with E-state index in [0.717, 1.165) is 31.1 Å². The Hall–Kier alpha value is -2.94. The normalized spacial score (nSPS) is 12.1. The summed E-state index contributed by atoms with van der Waals surface area (Å²) in [7, 11) is -3.56. The van der Waals surface area contributed by atoms with Gasteiger partial charge in [0.25, 0.3) is 0 Å². The molecular formula is C27H38FN3O4S. The topological polar surface area (TPSA) is 86.8 Å². The van der Waals surface area contributed by atoms with E-state index in [4.69, 9.17) is 0 Å². The van der Waals surface area contributed by atoms with Gasteiger partial charge >= 0.3 is 0 Å². The van der Waals surface area contributed by atoms with Crippen molar-refractivity contribution in [2.45, 2.75) is 65.5 Å². The monoisotopic (exact) mass is 519 g/mol. The summed E-state index contributed by atoms with van der Waals surface area (Å²) in [5.74, 6) is -1.10. The lowest BCUT2D eigenvalue weighted by atomic mass is 10.1. The number of hydrogen-bond donors (Lipinski definition) is 1. The molecule has 1 N–H and O–H groups in total. The van der Waals surface area contributed by atoms with E-state index >= 15 is 0 Å². The minimum atomic E-state index is -3.56. The molecule has 2 aromatic carbocycles. The van der Waals surface area contributed by atoms with E-state index in [9.17, 15) is 22.4 Å². The van der Waals surface area contributed by atoms with Crippen LogP contribution in [0.15, 0.2) is 48.5 Å². The molecule has 0 spiro atoms. The Kier molecular flexibility index (Phi) is 11.4. The number of anilines is 1. The first kappa shape index (κ1) is 29.3. The summed E-state index contributed by atoms with van der Waals surface area (Å²) in [6.45, 7) is 6.22. The number of sulfonamides is 1. The summed E-state index contributed by atoms with van der Waals surface area (Å²) >= 11 is 0. The van der Waals surface area contributed by atoms with E-state index in [1.54, 1.807) is 37.3 Å². The molecule has 7 nitrogen and oxygen atoms in total. The van der Waals surface area contributed by atoms with Crippen molar-refractivity contribution in [3.8, 4) is 0 Å². The second-order valence-electron chi connectivity index (χ2n) is 8.89. The quantitative estimate of drug-likeness (QED) is 0.378. The Morgan fingerprint density at radius 2 is 1.69 bits per heavy atom. The predicted molar refractivity (Wildman–Crippen MR) is 142 cm³/mol. The van der Waals surface area contributed by atoms with Gasteiger partial charge in [0.1, 0.15) is 11.9 Å². The third kappa shape index (κ3) is 8.62. The molecule has 9 heteroatoms. The van der Waals surface area contributed by atoms with E-state index in [0.29, 0.717) is 17.8 Å². The minimum Gasteiger partial charge on any atom is -0.354 e. The van der Waals surface area contributed by atoms with Gasteiger partial charge in [0.2, 0.25) is 21.8 Å². The third-order valence-corrected chi connectivity index (χ3v) is 7.27. The second kappa shape index (κ2) is 14.0. The molecule has 0 aliphatic rings. The van der Waals surface area contributed by atoms with Gasteiger partial charge in [-0.25, -0.2) is 12.8 Å². The fraction of sp³-hybridized carbons (Fsp3) is 0.481. The zero-order valence-electron chi connectivity index (χ0n) is 21.7. The van der Waals surface area contributed by atoms with Crippen molar-refractivity contribution in [2.24, 2.45) is 0 Å². The van der Waals surface area contributed by atoms with Crippen molar-refractivity contribution < 1.29 is 22.4 Å². The largest absolute Gasteiger partial charge is 0.354 e. The number of amides is 2. The van der Waals surface area contributed by atoms with Gasteiger partial charge in [0.15, 0.2) is 0 Å². The number of nitrogens with one attached hydrogen (secondary N) is 1. The van der Waals surface area contributed by atoms with E-state index in [1.165, 1.54) is 15.3 Å². The van der Waals surface area contributed by atoms with E-state index < -0.39 is 21.9 Å². The zero-order chi connectivity index (χ0) is 26.7. The second-order valence-corrected chi connectivity index (χ2v) is 10.8. The van der Waals surface area contributed by atoms with Crippen molar-refractivity contribution in [2.75, 3.05) is 23.7 Å². The molecule has 2 amide bonds. The number of halogens is 1. The maximum Gasteiger partial charge on any atom is 0.242 e. The molecule has 2 rings (SSSR count). The number of aryl methyl sites for hydroxylation is 1. The summed E-state index contributed by atoms with van der Waals surface area (Å²) in [6, 6.07) is 12.6. The number of rotatable bonds is 14. The van der Waals surface area contributed by atoms with Crippen LogP contribution in [0, 0.1) is 5.82 Å². The zero-order valence-corrected chi connectivity index (χ0v) is 22.5. The van der Waals surface area contributed by atoms with Gasteiger partial charge < -0.3 is 10.2 Å². The first-order valence-corrected chi connectivity index (χ1v) is 14.3. The summed E-state index contributed by atoms with van der Waals surface area (Å²) < 4.78 is 40.5. The summed E-state index contributed by atoms with van der Waals surface area (Å²) in [5, 5.41) is 2.83. The highest BCUT2D eigenvalue weighted by Gasteiger charge is 2.27. The molecular weight excluding hydrogens is 481 g/mol. The first-order valence-electron chi connectivity index (χ1n) is 12.5. The Morgan fingerprint density at radius 1 is 1.03 bits per heavy atom. The number of hydrogen-bond acceptors (Lipinski definition) is 4. The number of benzene rings is 2. The van der Waals surface area contributed by atoms with Gasteiger partial charge in [-0.3, -0.25) is 13.9 Å². The standard InChI is InChI=1S/C27H38FN3O4S/c1-5-7-18-29-27(33)21(3)30(20-23-11-8-9-12-25(23)28)26(32)13-10-19-31(36(4,34)35)24-16-14-22(6-2)15-17-24/h8-9,11-12,14-17,21H,5-7,10,13,18-20H2,1-4H3,(H,29,33)/t21-/m1/s1. The molecule has 0 bridgehead atoms. The molecule has 0 aromatic heterocycles. The van der Waals surface area contributed by atoms with Crippen LogP contribution in [0.4, 0.5) is 10.1 Å². The van der Waals surface area contributed by atoms with E-state index in [1.807, 2.05) is 26.0 Å². The van der Waals surface area contributed by atoms with Crippen LogP contribution in [0.1, 0.15) is 57.6 Å². The van der Waals surface area contributed by atoms with Gasteiger partial charge in [-0.1, -0.05) is 50.6 Å². The maximum atomic E-state index is 14.3. The molecule has 0 aliphatic carbocycles. The molecule has 0 saturated heterocycles. The molecule has 0 fully saturated rings. The highest BCUT2D eigenvalue weighted by atomic mass is 32.2. The molecule has 2 aromatic rings. The first-order chi connectivity index (χ1) is 17.1. The van der Waals surface area contributed by atoms with Crippen LogP contribution in [0.3, 0.4) is 0 Å². The Balaban J connectivity index is 2.15. The number of unbranched alkanes of at least 4 members (excludes halogenated alkanes) is 1. The van der Waals surface area contributed by atoms with Crippen molar-refractivity contribution in [3.63, 3.8) is 0 Å². The van der Waals surface area contributed by atoms with Crippen LogP contribution in [-0.2, 0) is 32.6 Å². The van der Waals surface area contributed by atoms with Gasteiger partial charge in [0.05, 0.1) is 11.9 Å². The summed E-state index contributed by atoms with van der Waals surface area (Å²) in [5.41, 5.74) is 1.94. The van der Waals surface area contributed by atoms with Gasteiger partial charge in [-0.05, 0) is 49.9 Å². The third-order valence-electron chi connectivity index (χ3n) is 6.08. The number of nitrogens with zero attached hydrogens (tertiary/aromatic N) is 2. The average Bonchev–Trinajstić information content (AvgIpc) is 2.85. The smallest absolute Gasteiger partial charge is 0.242 e. The molecule has 0 radical (unpaired) electrons. The molecule has 1 atom stereocenters. The molecule has 0 heterocycles. The van der Waals surface area contributed by atoms with Crippen molar-refractivity contribution in [1.29, 1.82) is 0 Å². The SMILES string of the molecule is CCCCNC(=O)[C@@H](C)N(Cc1ccccc1F)C(=O)CCCN(c1ccc(CC)cc1)S(C)(=O)=O. The van der Waals surface area contributed by atoms with Crippen LogP contribution in [0.5, 0.6) is 0 Å². The van der Waals surface area contributed by atoms with Crippen molar-refractivity contribution in [3.05, 3.63) is 65.5 Å². The number of carbonyl (C=O) groups excluding carboxylic acids is 2. The minimum absolute atomic E-state index is 0.0140. The van der Waals surface area contributed by atoms with E-state index in [-0.39, 0.29) is 37.7 Å². The lowest BCUT2D eigenvalue weighted by Gasteiger charge is -2.29. The van der Waals surface area contributed by atoms with Gasteiger partial charge in [-0.15, -0.1) is 0 Å². The van der Waals surface area contributed by atoms with Crippen LogP contribution < -0.4 is 9.62 Å². The number of carbonyl (C=O) groups is 2. The lowest BCUT2D eigenvalue weighted by molar-refractivity contribution is -0.140. The van der Waals surface area contributed by atoms with Crippen LogP contribution >= 0.6 is 0 Å². The van der Waals surface area contributed by atoms with Gasteiger partial charge in [-0.2, -0.15) is 0 Å². The highest BCUT2D eigenvalue weighted by Crippen LogP contribution is 2.20. The molecule has 0 aliphatic heterocycles. The Bertz CT molecular complexity index is 1110. The molecule has 0 saturated carbocycles. The van der Waals surface area contributed by atoms with Crippen molar-refractivity contribution in [1.82, 2.24) is 10.2 Å². The predicted octanol–water partition coefficient (Wildman–Crippen LogP) is 4.27. The van der Waals surface area contributed by atoms with Crippen LogP contribution in [0.25, 0.3) is 0 Å². The summed E-state index contributed by atoms with van der Waals surface area (Å²) in [6.07, 6.45) is 3.98. The fourth-order valence-corrected chi connectivity index (χ4v) is 4.80. The summed E-state index contributed by atoms with van der Waals surface area (Å²) in [4.78, 5) is 27.3. The molecule has 36 heavy (non-hydrogen) atoms. The van der Waals surface area contributed by atoms with Crippen LogP contribution in [0.2, 0.25) is 0 Å². The van der Waals surface area contributed by atoms with Crippen LogP contribution in [-0.4, -0.2) is 50.5 Å². The average molecular weight is 520 g/mol. The fourth-order valence-electron chi connectivity index (χ4n) is 3.83. The molecule has 0 unspecified atom stereocenters. The van der Waals surface area contributed by atoms with E-state index in [2.05, 4.69) is 5.32 Å². The Morgan fingerprint density at radius 3 is 2.28 bits per heavy atom. The Labute approximate surface area is 214 Å². The van der Waals surface area contributed by atoms with Gasteiger partial charge in [0, 0.05) is 31.6 Å². The highest BCUT2D eigenvalue weighted by molar-refractivity contribution is 7.92. The molecule has 198 valence electrons.